The molecule has 3 atom stereocenters. The Morgan fingerprint density at radius 3 is 2.89 bits per heavy atom. The van der Waals surface area contributed by atoms with Crippen molar-refractivity contribution in [2.45, 2.75) is 32.4 Å². The van der Waals surface area contributed by atoms with Gasteiger partial charge in [-0.05, 0) is 26.3 Å². The van der Waals surface area contributed by atoms with E-state index in [1.165, 1.54) is 0 Å². The summed E-state index contributed by atoms with van der Waals surface area (Å²) in [6, 6.07) is 8.13. The van der Waals surface area contributed by atoms with Crippen molar-refractivity contribution in [2.24, 2.45) is 11.8 Å². The summed E-state index contributed by atoms with van der Waals surface area (Å²) >= 11 is 0. The van der Waals surface area contributed by atoms with Crippen LogP contribution in [0.3, 0.4) is 0 Å². The van der Waals surface area contributed by atoms with Crippen LogP contribution in [0.25, 0.3) is 0 Å². The largest absolute Gasteiger partial charge is 0.494 e. The highest BCUT2D eigenvalue weighted by molar-refractivity contribution is 5.36. The number of hydrazine groups is 1. The van der Waals surface area contributed by atoms with E-state index in [2.05, 4.69) is 18.4 Å². The van der Waals surface area contributed by atoms with Crippen molar-refractivity contribution in [1.29, 1.82) is 0 Å². The molecule has 2 rings (SSSR count). The van der Waals surface area contributed by atoms with Crippen LogP contribution in [0.4, 0.5) is 0 Å². The van der Waals surface area contributed by atoms with Gasteiger partial charge in [0.15, 0.2) is 0 Å². The van der Waals surface area contributed by atoms with Gasteiger partial charge in [-0.15, -0.1) is 0 Å². The van der Waals surface area contributed by atoms with Crippen molar-refractivity contribution in [1.82, 2.24) is 5.43 Å². The number of rotatable bonds is 5. The fourth-order valence-corrected chi connectivity index (χ4v) is 2.65. The molecule has 0 spiro atoms. The highest BCUT2D eigenvalue weighted by Crippen LogP contribution is 2.36. The van der Waals surface area contributed by atoms with E-state index < -0.39 is 0 Å². The fourth-order valence-electron chi connectivity index (χ4n) is 2.65. The Labute approximate surface area is 108 Å². The second kappa shape index (κ2) is 6.18. The molecule has 1 aliphatic heterocycles. The van der Waals surface area contributed by atoms with Crippen LogP contribution in [-0.2, 0) is 4.74 Å². The molecule has 0 saturated carbocycles. The summed E-state index contributed by atoms with van der Waals surface area (Å²) in [5.41, 5.74) is 4.04. The van der Waals surface area contributed by atoms with Gasteiger partial charge in [0.2, 0.25) is 0 Å². The molecule has 100 valence electrons. The third-order valence-electron chi connectivity index (χ3n) is 3.60. The standard InChI is InChI=1S/C14H22N2O2/c1-3-17-13-7-5-4-6-12(13)14(16-15)11-8-9-18-10(11)2/h4-7,10-11,14,16H,3,8-9,15H2,1-2H3. The molecule has 1 aromatic carbocycles. The van der Waals surface area contributed by atoms with Crippen LogP contribution in [0.1, 0.15) is 31.9 Å². The van der Waals surface area contributed by atoms with E-state index >= 15 is 0 Å². The Balaban J connectivity index is 2.26. The third-order valence-corrected chi connectivity index (χ3v) is 3.60. The molecule has 3 N–H and O–H groups in total. The second-order valence-corrected chi connectivity index (χ2v) is 4.64. The van der Waals surface area contributed by atoms with Crippen molar-refractivity contribution in [3.05, 3.63) is 29.8 Å². The zero-order valence-electron chi connectivity index (χ0n) is 11.1. The lowest BCUT2D eigenvalue weighted by Gasteiger charge is -2.27. The molecule has 0 aliphatic carbocycles. The maximum Gasteiger partial charge on any atom is 0.124 e. The van der Waals surface area contributed by atoms with Crippen LogP contribution >= 0.6 is 0 Å². The maximum absolute atomic E-state index is 5.75. The molecule has 18 heavy (non-hydrogen) atoms. The van der Waals surface area contributed by atoms with Gasteiger partial charge >= 0.3 is 0 Å². The van der Waals surface area contributed by atoms with Gasteiger partial charge in [-0.2, -0.15) is 0 Å². The molecule has 0 radical (unpaired) electrons. The van der Waals surface area contributed by atoms with Gasteiger partial charge in [0.1, 0.15) is 5.75 Å². The van der Waals surface area contributed by atoms with Crippen LogP contribution < -0.4 is 16.0 Å². The molecule has 1 aliphatic rings. The van der Waals surface area contributed by atoms with Gasteiger partial charge in [-0.25, -0.2) is 0 Å². The first-order valence-corrected chi connectivity index (χ1v) is 6.57. The lowest BCUT2D eigenvalue weighted by molar-refractivity contribution is 0.0950. The number of hydrogen-bond donors (Lipinski definition) is 2. The number of benzene rings is 1. The summed E-state index contributed by atoms with van der Waals surface area (Å²) < 4.78 is 11.3. The molecule has 4 nitrogen and oxygen atoms in total. The van der Waals surface area contributed by atoms with Gasteiger partial charge in [0.05, 0.1) is 18.8 Å². The third kappa shape index (κ3) is 2.66. The minimum atomic E-state index is 0.0743. The molecule has 0 aromatic heterocycles. The average Bonchev–Trinajstić information content (AvgIpc) is 2.79. The van der Waals surface area contributed by atoms with Crippen molar-refractivity contribution in [2.75, 3.05) is 13.2 Å². The first-order valence-electron chi connectivity index (χ1n) is 6.57. The zero-order chi connectivity index (χ0) is 13.0. The monoisotopic (exact) mass is 250 g/mol. The number of ether oxygens (including phenoxy) is 2. The summed E-state index contributed by atoms with van der Waals surface area (Å²) in [5.74, 6) is 7.04. The first-order chi connectivity index (χ1) is 8.77. The molecular formula is C14H22N2O2. The van der Waals surface area contributed by atoms with Crippen molar-refractivity contribution in [3.8, 4) is 5.75 Å². The number of hydrogen-bond acceptors (Lipinski definition) is 4. The maximum atomic E-state index is 5.75. The predicted molar refractivity (Wildman–Crippen MR) is 71.2 cm³/mol. The van der Waals surface area contributed by atoms with E-state index in [1.807, 2.05) is 25.1 Å². The number of nitrogens with one attached hydrogen (secondary N) is 1. The minimum absolute atomic E-state index is 0.0743. The van der Waals surface area contributed by atoms with Crippen molar-refractivity contribution < 1.29 is 9.47 Å². The molecule has 0 amide bonds. The molecule has 3 unspecified atom stereocenters. The minimum Gasteiger partial charge on any atom is -0.494 e. The highest BCUT2D eigenvalue weighted by Gasteiger charge is 2.33. The SMILES string of the molecule is CCOc1ccccc1C(NN)C1CCOC1C. The van der Waals surface area contributed by atoms with E-state index in [0.717, 1.165) is 24.3 Å². The van der Waals surface area contributed by atoms with E-state index in [0.29, 0.717) is 12.5 Å². The molecule has 1 fully saturated rings. The van der Waals surface area contributed by atoms with E-state index in [4.69, 9.17) is 15.3 Å². The smallest absolute Gasteiger partial charge is 0.124 e. The normalized spacial score (nSPS) is 25.1. The predicted octanol–water partition coefficient (Wildman–Crippen LogP) is 2.01. The topological polar surface area (TPSA) is 56.5 Å². The van der Waals surface area contributed by atoms with Crippen LogP contribution in [0.5, 0.6) is 5.75 Å². The van der Waals surface area contributed by atoms with E-state index in [1.54, 1.807) is 0 Å². The summed E-state index contributed by atoms with van der Waals surface area (Å²) in [4.78, 5) is 0. The molecule has 1 heterocycles. The summed E-state index contributed by atoms with van der Waals surface area (Å²) in [5, 5.41) is 0. The summed E-state index contributed by atoms with van der Waals surface area (Å²) in [6.45, 7) is 5.56. The second-order valence-electron chi connectivity index (χ2n) is 4.64. The summed E-state index contributed by atoms with van der Waals surface area (Å²) in [7, 11) is 0. The zero-order valence-corrected chi connectivity index (χ0v) is 11.1. The van der Waals surface area contributed by atoms with Gasteiger partial charge in [0.25, 0.3) is 0 Å². The van der Waals surface area contributed by atoms with Crippen molar-refractivity contribution >= 4 is 0 Å². The Kier molecular flexibility index (Phi) is 4.58. The first kappa shape index (κ1) is 13.3. The van der Waals surface area contributed by atoms with Gasteiger partial charge in [0, 0.05) is 18.1 Å². The Bertz CT molecular complexity index is 384. The van der Waals surface area contributed by atoms with Gasteiger partial charge in [-0.3, -0.25) is 11.3 Å². The molecule has 1 aromatic rings. The van der Waals surface area contributed by atoms with E-state index in [9.17, 15) is 0 Å². The number of para-hydroxylation sites is 1. The average molecular weight is 250 g/mol. The Morgan fingerprint density at radius 1 is 1.50 bits per heavy atom. The van der Waals surface area contributed by atoms with Gasteiger partial charge in [-0.1, -0.05) is 18.2 Å². The molecular weight excluding hydrogens is 228 g/mol. The van der Waals surface area contributed by atoms with Crippen LogP contribution in [-0.4, -0.2) is 19.3 Å². The highest BCUT2D eigenvalue weighted by atomic mass is 16.5. The molecule has 1 saturated heterocycles. The summed E-state index contributed by atoms with van der Waals surface area (Å²) in [6.07, 6.45) is 1.25. The van der Waals surface area contributed by atoms with E-state index in [-0.39, 0.29) is 12.1 Å². The fraction of sp³-hybridized carbons (Fsp3) is 0.571. The molecule has 0 bridgehead atoms. The van der Waals surface area contributed by atoms with Crippen molar-refractivity contribution in [3.63, 3.8) is 0 Å². The van der Waals surface area contributed by atoms with Gasteiger partial charge < -0.3 is 9.47 Å². The quantitative estimate of drug-likeness (QED) is 0.620. The molecule has 4 heteroatoms. The lowest BCUT2D eigenvalue weighted by Crippen LogP contribution is -2.36. The van der Waals surface area contributed by atoms with Crippen LogP contribution in [0, 0.1) is 5.92 Å². The number of nitrogens with two attached hydrogens (primary N) is 1. The van der Waals surface area contributed by atoms with Crippen LogP contribution in [0.2, 0.25) is 0 Å². The lowest BCUT2D eigenvalue weighted by atomic mass is 9.88. The van der Waals surface area contributed by atoms with Crippen LogP contribution in [0.15, 0.2) is 24.3 Å². The Morgan fingerprint density at radius 2 is 2.28 bits per heavy atom. The Hall–Kier alpha value is -1.10.